The Bertz CT molecular complexity index is 197. The molecule has 0 saturated carbocycles. The standard InChI is InChI=1S/C12H26N2O2/c1-5-7-9(3)10(6-2)14-11(8-16-4)12(13)15/h9-11,14H,5-8H2,1-4H3,(H2,13,15). The lowest BCUT2D eigenvalue weighted by atomic mass is 9.94. The van der Waals surface area contributed by atoms with Gasteiger partial charge in [-0.2, -0.15) is 0 Å². The van der Waals surface area contributed by atoms with Crippen LogP contribution in [0.1, 0.15) is 40.0 Å². The molecule has 1 amide bonds. The molecule has 0 rings (SSSR count). The fourth-order valence-corrected chi connectivity index (χ4v) is 1.98. The third-order valence-corrected chi connectivity index (χ3v) is 2.96. The normalized spacial score (nSPS) is 16.8. The maximum Gasteiger partial charge on any atom is 0.236 e. The predicted molar refractivity (Wildman–Crippen MR) is 66.1 cm³/mol. The molecule has 0 aliphatic rings. The van der Waals surface area contributed by atoms with Gasteiger partial charge in [-0.05, 0) is 18.8 Å². The molecular formula is C12H26N2O2. The number of nitrogens with one attached hydrogen (secondary N) is 1. The van der Waals surface area contributed by atoms with E-state index in [1.807, 2.05) is 0 Å². The second-order valence-corrected chi connectivity index (χ2v) is 4.36. The van der Waals surface area contributed by atoms with Crippen molar-refractivity contribution in [2.24, 2.45) is 11.7 Å². The first-order valence-electron chi connectivity index (χ1n) is 6.11. The summed E-state index contributed by atoms with van der Waals surface area (Å²) in [4.78, 5) is 11.2. The minimum atomic E-state index is -0.380. The summed E-state index contributed by atoms with van der Waals surface area (Å²) in [7, 11) is 1.58. The number of methoxy groups -OCH3 is 1. The highest BCUT2D eigenvalue weighted by Gasteiger charge is 2.22. The summed E-state index contributed by atoms with van der Waals surface area (Å²) in [5.74, 6) is 0.206. The molecule has 4 heteroatoms. The van der Waals surface area contributed by atoms with Gasteiger partial charge in [0.1, 0.15) is 6.04 Å². The van der Waals surface area contributed by atoms with E-state index >= 15 is 0 Å². The number of hydrogen-bond acceptors (Lipinski definition) is 3. The first kappa shape index (κ1) is 15.4. The number of ether oxygens (including phenoxy) is 1. The van der Waals surface area contributed by atoms with Crippen molar-refractivity contribution in [2.75, 3.05) is 13.7 Å². The molecule has 3 atom stereocenters. The van der Waals surface area contributed by atoms with Crippen LogP contribution in [0.4, 0.5) is 0 Å². The number of hydrogen-bond donors (Lipinski definition) is 2. The van der Waals surface area contributed by atoms with E-state index in [0.717, 1.165) is 19.3 Å². The molecule has 0 heterocycles. The molecule has 0 aromatic carbocycles. The van der Waals surface area contributed by atoms with Crippen molar-refractivity contribution in [2.45, 2.75) is 52.1 Å². The van der Waals surface area contributed by atoms with Crippen LogP contribution in [0.2, 0.25) is 0 Å². The highest BCUT2D eigenvalue weighted by molar-refractivity contribution is 5.80. The van der Waals surface area contributed by atoms with Crippen molar-refractivity contribution in [1.82, 2.24) is 5.32 Å². The van der Waals surface area contributed by atoms with Gasteiger partial charge < -0.3 is 15.8 Å². The summed E-state index contributed by atoms with van der Waals surface area (Å²) >= 11 is 0. The average Bonchev–Trinajstić information content (AvgIpc) is 2.24. The average molecular weight is 230 g/mol. The van der Waals surface area contributed by atoms with Crippen molar-refractivity contribution in [1.29, 1.82) is 0 Å². The number of nitrogens with two attached hydrogens (primary N) is 1. The van der Waals surface area contributed by atoms with Crippen molar-refractivity contribution < 1.29 is 9.53 Å². The van der Waals surface area contributed by atoms with Crippen molar-refractivity contribution in [3.63, 3.8) is 0 Å². The molecule has 0 fully saturated rings. The molecule has 3 unspecified atom stereocenters. The zero-order valence-corrected chi connectivity index (χ0v) is 11.0. The smallest absolute Gasteiger partial charge is 0.236 e. The van der Waals surface area contributed by atoms with E-state index in [1.165, 1.54) is 0 Å². The molecule has 0 aromatic heterocycles. The van der Waals surface area contributed by atoms with Gasteiger partial charge in [-0.3, -0.25) is 4.79 Å². The second-order valence-electron chi connectivity index (χ2n) is 4.36. The summed E-state index contributed by atoms with van der Waals surface area (Å²) in [6.07, 6.45) is 3.31. The van der Waals surface area contributed by atoms with Crippen LogP contribution in [0.3, 0.4) is 0 Å². The molecule has 0 bridgehead atoms. The Labute approximate surface area is 98.9 Å². The van der Waals surface area contributed by atoms with Crippen LogP contribution in [0, 0.1) is 5.92 Å². The van der Waals surface area contributed by atoms with Crippen LogP contribution in [0.25, 0.3) is 0 Å². The molecule has 16 heavy (non-hydrogen) atoms. The van der Waals surface area contributed by atoms with Gasteiger partial charge in [-0.1, -0.05) is 27.2 Å². The summed E-state index contributed by atoms with van der Waals surface area (Å²) < 4.78 is 4.99. The van der Waals surface area contributed by atoms with Crippen LogP contribution in [0.15, 0.2) is 0 Å². The van der Waals surface area contributed by atoms with Gasteiger partial charge in [0.25, 0.3) is 0 Å². The maximum absolute atomic E-state index is 11.2. The topological polar surface area (TPSA) is 64.3 Å². The van der Waals surface area contributed by atoms with E-state index in [9.17, 15) is 4.79 Å². The van der Waals surface area contributed by atoms with Crippen molar-refractivity contribution in [3.05, 3.63) is 0 Å². The number of amides is 1. The zero-order valence-electron chi connectivity index (χ0n) is 11.0. The fraction of sp³-hybridized carbons (Fsp3) is 0.917. The third kappa shape index (κ3) is 5.47. The molecule has 4 nitrogen and oxygen atoms in total. The lowest BCUT2D eigenvalue weighted by Crippen LogP contribution is -2.50. The monoisotopic (exact) mass is 230 g/mol. The Morgan fingerprint density at radius 2 is 2.06 bits per heavy atom. The van der Waals surface area contributed by atoms with Crippen LogP contribution in [0.5, 0.6) is 0 Å². The van der Waals surface area contributed by atoms with E-state index in [0.29, 0.717) is 18.6 Å². The molecule has 3 N–H and O–H groups in total. The predicted octanol–water partition coefficient (Wildman–Crippen LogP) is 1.29. The molecule has 96 valence electrons. The quantitative estimate of drug-likeness (QED) is 0.627. The largest absolute Gasteiger partial charge is 0.383 e. The van der Waals surface area contributed by atoms with Gasteiger partial charge in [0.2, 0.25) is 5.91 Å². The van der Waals surface area contributed by atoms with Gasteiger partial charge in [0, 0.05) is 13.2 Å². The SMILES string of the molecule is CCCC(C)C(CC)NC(COC)C(N)=O. The van der Waals surface area contributed by atoms with E-state index in [-0.39, 0.29) is 11.9 Å². The first-order chi connectivity index (χ1) is 7.56. The fourth-order valence-electron chi connectivity index (χ4n) is 1.98. The number of carbonyl (C=O) groups is 1. The van der Waals surface area contributed by atoms with Crippen LogP contribution in [-0.4, -0.2) is 31.7 Å². The zero-order chi connectivity index (χ0) is 12.6. The van der Waals surface area contributed by atoms with Gasteiger partial charge >= 0.3 is 0 Å². The van der Waals surface area contributed by atoms with Crippen LogP contribution in [-0.2, 0) is 9.53 Å². The van der Waals surface area contributed by atoms with Crippen molar-refractivity contribution >= 4 is 5.91 Å². The van der Waals surface area contributed by atoms with E-state index < -0.39 is 0 Å². The number of rotatable bonds is 9. The maximum atomic E-state index is 11.2. The van der Waals surface area contributed by atoms with E-state index in [1.54, 1.807) is 7.11 Å². The van der Waals surface area contributed by atoms with E-state index in [4.69, 9.17) is 10.5 Å². The second kappa shape index (κ2) is 8.53. The molecule has 0 aromatic rings. The lowest BCUT2D eigenvalue weighted by molar-refractivity contribution is -0.121. The number of primary amides is 1. The molecule has 0 saturated heterocycles. The highest BCUT2D eigenvalue weighted by Crippen LogP contribution is 2.14. The van der Waals surface area contributed by atoms with Gasteiger partial charge in [0.05, 0.1) is 6.61 Å². The molecule has 0 aliphatic heterocycles. The molecule has 0 aliphatic carbocycles. The molecule has 0 spiro atoms. The molecular weight excluding hydrogens is 204 g/mol. The summed E-state index contributed by atoms with van der Waals surface area (Å²) in [6.45, 7) is 6.83. The van der Waals surface area contributed by atoms with Crippen molar-refractivity contribution in [3.8, 4) is 0 Å². The number of carbonyl (C=O) groups excluding carboxylic acids is 1. The molecule has 0 radical (unpaired) electrons. The Morgan fingerprint density at radius 1 is 1.44 bits per heavy atom. The Kier molecular flexibility index (Phi) is 8.21. The van der Waals surface area contributed by atoms with Gasteiger partial charge in [-0.25, -0.2) is 0 Å². The third-order valence-electron chi connectivity index (χ3n) is 2.96. The lowest BCUT2D eigenvalue weighted by Gasteiger charge is -2.27. The van der Waals surface area contributed by atoms with E-state index in [2.05, 4.69) is 26.1 Å². The Hall–Kier alpha value is -0.610. The minimum absolute atomic E-state index is 0.326. The first-order valence-corrected chi connectivity index (χ1v) is 6.11. The summed E-state index contributed by atoms with van der Waals surface area (Å²) in [6, 6.07) is -0.0538. The van der Waals surface area contributed by atoms with Crippen LogP contribution >= 0.6 is 0 Å². The highest BCUT2D eigenvalue weighted by atomic mass is 16.5. The van der Waals surface area contributed by atoms with Gasteiger partial charge in [0.15, 0.2) is 0 Å². The summed E-state index contributed by atoms with van der Waals surface area (Å²) in [5, 5.41) is 3.29. The Morgan fingerprint density at radius 3 is 2.44 bits per heavy atom. The van der Waals surface area contributed by atoms with Gasteiger partial charge in [-0.15, -0.1) is 0 Å². The Balaban J connectivity index is 4.30. The van der Waals surface area contributed by atoms with Crippen LogP contribution < -0.4 is 11.1 Å². The minimum Gasteiger partial charge on any atom is -0.383 e. The summed E-state index contributed by atoms with van der Waals surface area (Å²) in [5.41, 5.74) is 5.32.